The van der Waals surface area contributed by atoms with Crippen LogP contribution in [0, 0.1) is 23.3 Å². The fraction of sp³-hybridized carbons (Fsp3) is 0.476. The second-order valence-electron chi connectivity index (χ2n) is 7.16. The predicted molar refractivity (Wildman–Crippen MR) is 109 cm³/mol. The van der Waals surface area contributed by atoms with Crippen LogP contribution in [0.1, 0.15) is 31.2 Å². The molecule has 0 atom stereocenters. The number of nitriles is 1. The van der Waals surface area contributed by atoms with Crippen molar-refractivity contribution in [2.24, 2.45) is 0 Å². The van der Waals surface area contributed by atoms with Gasteiger partial charge in [0, 0.05) is 18.5 Å². The standard InChI is InChI=1S/C21H24N6O/c1-28-19-14-17-18(13-16(19)7-6-10-26-8-2-3-9-26)24-21(25-20(17)23-15-22)27-11-4-5-12-27/h13-14H,2-5,8-12H2,1H3,(H,23,24,25). The van der Waals surface area contributed by atoms with Crippen LogP contribution in [0.25, 0.3) is 10.9 Å². The molecule has 3 heterocycles. The number of ether oxygens (including phenoxy) is 1. The maximum Gasteiger partial charge on any atom is 0.227 e. The first-order valence-corrected chi connectivity index (χ1v) is 9.79. The van der Waals surface area contributed by atoms with Crippen molar-refractivity contribution in [3.63, 3.8) is 0 Å². The van der Waals surface area contributed by atoms with Gasteiger partial charge in [0.2, 0.25) is 5.95 Å². The van der Waals surface area contributed by atoms with Gasteiger partial charge in [-0.15, -0.1) is 0 Å². The van der Waals surface area contributed by atoms with Gasteiger partial charge in [0.1, 0.15) is 5.75 Å². The van der Waals surface area contributed by atoms with Gasteiger partial charge in [0.05, 0.1) is 24.7 Å². The number of hydrogen-bond donors (Lipinski definition) is 1. The average molecular weight is 376 g/mol. The number of nitrogens with zero attached hydrogens (tertiary/aromatic N) is 5. The lowest BCUT2D eigenvalue weighted by Gasteiger charge is -2.17. The van der Waals surface area contributed by atoms with E-state index >= 15 is 0 Å². The molecule has 1 aromatic carbocycles. The molecule has 0 aliphatic carbocycles. The summed E-state index contributed by atoms with van der Waals surface area (Å²) in [4.78, 5) is 13.9. The smallest absolute Gasteiger partial charge is 0.227 e. The van der Waals surface area contributed by atoms with Crippen molar-refractivity contribution in [2.75, 3.05) is 50.1 Å². The van der Waals surface area contributed by atoms with Crippen molar-refractivity contribution >= 4 is 22.7 Å². The zero-order valence-electron chi connectivity index (χ0n) is 16.2. The van der Waals surface area contributed by atoms with Gasteiger partial charge in [-0.1, -0.05) is 11.8 Å². The summed E-state index contributed by atoms with van der Waals surface area (Å²) in [5.41, 5.74) is 1.57. The summed E-state index contributed by atoms with van der Waals surface area (Å²) in [5, 5.41) is 12.6. The number of fused-ring (bicyclic) bond motifs is 1. The Labute approximate surface area is 165 Å². The van der Waals surface area contributed by atoms with Crippen molar-refractivity contribution in [3.8, 4) is 23.8 Å². The highest BCUT2D eigenvalue weighted by molar-refractivity contribution is 5.93. The van der Waals surface area contributed by atoms with Crippen LogP contribution < -0.4 is 15.0 Å². The zero-order chi connectivity index (χ0) is 19.3. The molecular formula is C21H24N6O. The fourth-order valence-corrected chi connectivity index (χ4v) is 3.80. The molecule has 0 unspecified atom stereocenters. The lowest BCUT2D eigenvalue weighted by atomic mass is 10.1. The normalized spacial score (nSPS) is 16.6. The van der Waals surface area contributed by atoms with Crippen LogP contribution in [-0.4, -0.2) is 54.7 Å². The first-order valence-electron chi connectivity index (χ1n) is 9.79. The van der Waals surface area contributed by atoms with E-state index < -0.39 is 0 Å². The number of benzene rings is 1. The summed E-state index contributed by atoms with van der Waals surface area (Å²) in [5.74, 6) is 8.34. The Morgan fingerprint density at radius 2 is 1.86 bits per heavy atom. The van der Waals surface area contributed by atoms with Crippen LogP contribution in [-0.2, 0) is 0 Å². The van der Waals surface area contributed by atoms with Gasteiger partial charge < -0.3 is 9.64 Å². The van der Waals surface area contributed by atoms with E-state index in [-0.39, 0.29) is 0 Å². The molecule has 28 heavy (non-hydrogen) atoms. The van der Waals surface area contributed by atoms with E-state index in [0.717, 1.165) is 62.0 Å². The Bertz CT molecular complexity index is 959. The largest absolute Gasteiger partial charge is 0.495 e. The molecule has 2 saturated heterocycles. The third kappa shape index (κ3) is 3.81. The van der Waals surface area contributed by atoms with Crippen LogP contribution in [0.2, 0.25) is 0 Å². The van der Waals surface area contributed by atoms with Gasteiger partial charge in [-0.3, -0.25) is 10.2 Å². The maximum absolute atomic E-state index is 9.14. The zero-order valence-corrected chi connectivity index (χ0v) is 16.2. The molecule has 0 bridgehead atoms. The Balaban J connectivity index is 1.73. The second kappa shape index (κ2) is 8.33. The van der Waals surface area contributed by atoms with E-state index in [2.05, 4.69) is 31.9 Å². The number of likely N-dealkylation sites (tertiary alicyclic amines) is 1. The molecule has 1 aromatic heterocycles. The van der Waals surface area contributed by atoms with Crippen LogP contribution in [0.4, 0.5) is 11.8 Å². The lowest BCUT2D eigenvalue weighted by Crippen LogP contribution is -2.21. The average Bonchev–Trinajstić information content (AvgIpc) is 3.42. The summed E-state index contributed by atoms with van der Waals surface area (Å²) in [7, 11) is 1.63. The molecule has 144 valence electrons. The van der Waals surface area contributed by atoms with Crippen LogP contribution in [0.15, 0.2) is 12.1 Å². The summed E-state index contributed by atoms with van der Waals surface area (Å²) in [6.45, 7) is 4.90. The van der Waals surface area contributed by atoms with Gasteiger partial charge in [-0.05, 0) is 50.9 Å². The minimum atomic E-state index is 0.504. The highest BCUT2D eigenvalue weighted by Gasteiger charge is 2.18. The summed E-state index contributed by atoms with van der Waals surface area (Å²) < 4.78 is 5.55. The summed E-state index contributed by atoms with van der Waals surface area (Å²) in [6, 6.07) is 3.80. The van der Waals surface area contributed by atoms with Gasteiger partial charge in [0.25, 0.3) is 0 Å². The quantitative estimate of drug-likeness (QED) is 0.499. The number of hydrogen-bond acceptors (Lipinski definition) is 7. The Hall–Kier alpha value is -3.03. The number of aromatic nitrogens is 2. The minimum absolute atomic E-state index is 0.504. The van der Waals surface area contributed by atoms with Crippen molar-refractivity contribution in [2.45, 2.75) is 25.7 Å². The van der Waals surface area contributed by atoms with E-state index in [0.29, 0.717) is 17.5 Å². The van der Waals surface area contributed by atoms with Crippen molar-refractivity contribution in [1.29, 1.82) is 5.26 Å². The van der Waals surface area contributed by atoms with Gasteiger partial charge in [0.15, 0.2) is 12.0 Å². The van der Waals surface area contributed by atoms with Crippen molar-refractivity contribution in [1.82, 2.24) is 14.9 Å². The molecule has 0 saturated carbocycles. The monoisotopic (exact) mass is 376 g/mol. The highest BCUT2D eigenvalue weighted by Crippen LogP contribution is 2.31. The molecule has 2 fully saturated rings. The third-order valence-electron chi connectivity index (χ3n) is 5.29. The van der Waals surface area contributed by atoms with E-state index in [1.807, 2.05) is 18.3 Å². The van der Waals surface area contributed by atoms with Gasteiger partial charge in [-0.2, -0.15) is 10.2 Å². The molecule has 7 nitrogen and oxygen atoms in total. The first-order chi connectivity index (χ1) is 13.8. The van der Waals surface area contributed by atoms with Crippen LogP contribution >= 0.6 is 0 Å². The van der Waals surface area contributed by atoms with Gasteiger partial charge >= 0.3 is 0 Å². The maximum atomic E-state index is 9.14. The second-order valence-corrected chi connectivity index (χ2v) is 7.16. The molecule has 1 N–H and O–H groups in total. The van der Waals surface area contributed by atoms with Crippen molar-refractivity contribution in [3.05, 3.63) is 17.7 Å². The number of nitrogens with one attached hydrogen (secondary N) is 1. The Morgan fingerprint density at radius 1 is 1.11 bits per heavy atom. The molecule has 7 heteroatoms. The van der Waals surface area contributed by atoms with Gasteiger partial charge in [-0.25, -0.2) is 4.98 Å². The molecule has 2 aliphatic heterocycles. The molecular weight excluding hydrogens is 352 g/mol. The Morgan fingerprint density at radius 3 is 2.57 bits per heavy atom. The van der Waals surface area contributed by atoms with Crippen LogP contribution in [0.5, 0.6) is 5.75 Å². The topological polar surface area (TPSA) is 77.3 Å². The SMILES string of the molecule is COc1cc2c(NC#N)nc(N3CCCC3)nc2cc1C#CCN1CCCC1. The van der Waals surface area contributed by atoms with Crippen molar-refractivity contribution < 1.29 is 4.74 Å². The highest BCUT2D eigenvalue weighted by atomic mass is 16.5. The molecule has 2 aliphatic rings. The number of methoxy groups -OCH3 is 1. The van der Waals surface area contributed by atoms with E-state index in [9.17, 15) is 0 Å². The summed E-state index contributed by atoms with van der Waals surface area (Å²) in [6.07, 6.45) is 6.76. The predicted octanol–water partition coefficient (Wildman–Crippen LogP) is 2.58. The third-order valence-corrected chi connectivity index (χ3v) is 5.29. The van der Waals surface area contributed by atoms with Crippen LogP contribution in [0.3, 0.4) is 0 Å². The molecule has 0 amide bonds. The molecule has 0 spiro atoms. The van der Waals surface area contributed by atoms with E-state index in [1.54, 1.807) is 7.11 Å². The molecule has 4 rings (SSSR count). The lowest BCUT2D eigenvalue weighted by molar-refractivity contribution is 0.383. The molecule has 2 aromatic rings. The van der Waals surface area contributed by atoms with E-state index in [1.165, 1.54) is 12.8 Å². The first kappa shape index (κ1) is 18.3. The number of anilines is 2. The fourth-order valence-electron chi connectivity index (χ4n) is 3.80. The van der Waals surface area contributed by atoms with E-state index in [4.69, 9.17) is 15.0 Å². The summed E-state index contributed by atoms with van der Waals surface area (Å²) >= 11 is 0. The number of rotatable bonds is 4. The Kier molecular flexibility index (Phi) is 5.45. The molecule has 0 radical (unpaired) electrons. The minimum Gasteiger partial charge on any atom is -0.495 e.